The molecule has 1 aromatic rings. The highest BCUT2D eigenvalue weighted by Gasteiger charge is 2.22. The van der Waals surface area contributed by atoms with Crippen molar-refractivity contribution < 1.29 is 24.2 Å². The van der Waals surface area contributed by atoms with Gasteiger partial charge in [0.15, 0.2) is 0 Å². The van der Waals surface area contributed by atoms with Gasteiger partial charge < -0.3 is 15.5 Å². The predicted octanol–water partition coefficient (Wildman–Crippen LogP) is 1.04. The van der Waals surface area contributed by atoms with Gasteiger partial charge in [-0.2, -0.15) is 0 Å². The highest BCUT2D eigenvalue weighted by atomic mass is 35.5. The topological polar surface area (TPSA) is 86.6 Å². The molecule has 1 aromatic carbocycles. The monoisotopic (exact) mass is 275 g/mol. The molecule has 5 nitrogen and oxygen atoms in total. The van der Waals surface area contributed by atoms with Gasteiger partial charge in [-0.1, -0.05) is 17.7 Å². The molecule has 0 aromatic heterocycles. The molecule has 18 heavy (non-hydrogen) atoms. The van der Waals surface area contributed by atoms with Crippen LogP contribution < -0.4 is 5.32 Å². The van der Waals surface area contributed by atoms with Gasteiger partial charge in [-0.25, -0.2) is 9.18 Å². The Balaban J connectivity index is 2.87. The molecule has 0 aliphatic rings. The third-order valence-electron chi connectivity index (χ3n) is 2.22. The normalized spacial score (nSPS) is 11.9. The number of nitrogens with one attached hydrogen (secondary N) is 1. The summed E-state index contributed by atoms with van der Waals surface area (Å²) < 4.78 is 13.1. The zero-order valence-electron chi connectivity index (χ0n) is 9.19. The number of aliphatic carboxylic acids is 1. The van der Waals surface area contributed by atoms with Crippen LogP contribution in [0.4, 0.5) is 4.39 Å². The summed E-state index contributed by atoms with van der Waals surface area (Å²) in [6.45, 7) is -0.395. The van der Waals surface area contributed by atoms with Crippen LogP contribution in [0.2, 0.25) is 5.02 Å². The second-order valence-corrected chi connectivity index (χ2v) is 3.86. The summed E-state index contributed by atoms with van der Waals surface area (Å²) in [5.41, 5.74) is -0.152. The van der Waals surface area contributed by atoms with Crippen LogP contribution in [-0.2, 0) is 4.79 Å². The molecule has 0 aliphatic carbocycles. The van der Waals surface area contributed by atoms with E-state index in [4.69, 9.17) is 21.8 Å². The predicted molar refractivity (Wildman–Crippen MR) is 62.0 cm³/mol. The molecule has 98 valence electrons. The molecule has 0 bridgehead atoms. The van der Waals surface area contributed by atoms with Crippen molar-refractivity contribution in [3.05, 3.63) is 34.6 Å². The summed E-state index contributed by atoms with van der Waals surface area (Å²) in [5, 5.41) is 19.2. The Morgan fingerprint density at radius 3 is 2.67 bits per heavy atom. The van der Waals surface area contributed by atoms with Crippen molar-refractivity contribution >= 4 is 23.5 Å². The number of amides is 1. The molecule has 0 heterocycles. The zero-order chi connectivity index (χ0) is 13.7. The van der Waals surface area contributed by atoms with E-state index in [1.807, 2.05) is 0 Å². The summed E-state index contributed by atoms with van der Waals surface area (Å²) in [4.78, 5) is 22.5. The van der Waals surface area contributed by atoms with Gasteiger partial charge in [-0.15, -0.1) is 0 Å². The summed E-state index contributed by atoms with van der Waals surface area (Å²) in [6.07, 6.45) is -0.145. The number of halogens is 2. The number of rotatable bonds is 5. The van der Waals surface area contributed by atoms with Crippen LogP contribution in [0.25, 0.3) is 0 Å². The Morgan fingerprint density at radius 1 is 1.44 bits per heavy atom. The second-order valence-electron chi connectivity index (χ2n) is 3.48. The molecule has 0 unspecified atom stereocenters. The average molecular weight is 276 g/mol. The maximum atomic E-state index is 13.1. The first-order valence-corrected chi connectivity index (χ1v) is 5.43. The first-order valence-electron chi connectivity index (χ1n) is 5.06. The first kappa shape index (κ1) is 14.4. The van der Waals surface area contributed by atoms with Crippen molar-refractivity contribution in [1.29, 1.82) is 0 Å². The van der Waals surface area contributed by atoms with Crippen molar-refractivity contribution in [2.75, 3.05) is 6.61 Å². The van der Waals surface area contributed by atoms with Gasteiger partial charge in [0.2, 0.25) is 0 Å². The van der Waals surface area contributed by atoms with E-state index < -0.39 is 30.3 Å². The van der Waals surface area contributed by atoms with Crippen LogP contribution in [0.3, 0.4) is 0 Å². The molecule has 0 radical (unpaired) electrons. The summed E-state index contributed by atoms with van der Waals surface area (Å²) in [7, 11) is 0. The van der Waals surface area contributed by atoms with Gasteiger partial charge in [0, 0.05) is 13.0 Å². The molecule has 1 atom stereocenters. The zero-order valence-corrected chi connectivity index (χ0v) is 9.95. The number of aliphatic hydroxyl groups is 1. The number of aliphatic hydroxyl groups excluding tert-OH is 1. The number of carboxylic acid groups (broad SMARTS) is 1. The molecule has 7 heteroatoms. The fourth-order valence-electron chi connectivity index (χ4n) is 1.30. The minimum atomic E-state index is -1.29. The summed E-state index contributed by atoms with van der Waals surface area (Å²) in [6, 6.07) is 2.40. The fourth-order valence-corrected chi connectivity index (χ4v) is 1.51. The molecule has 3 N–H and O–H groups in total. The van der Waals surface area contributed by atoms with Crippen molar-refractivity contribution in [3.8, 4) is 0 Å². The SMILES string of the molecule is O=C(N[C@@H](CCO)C(=O)O)c1cccc(F)c1Cl. The Morgan fingerprint density at radius 2 is 2.11 bits per heavy atom. The number of carbonyl (C=O) groups excluding carboxylic acids is 1. The largest absolute Gasteiger partial charge is 0.480 e. The van der Waals surface area contributed by atoms with Crippen LogP contribution in [-0.4, -0.2) is 34.7 Å². The lowest BCUT2D eigenvalue weighted by atomic mass is 10.1. The molecule has 0 saturated carbocycles. The van der Waals surface area contributed by atoms with E-state index in [2.05, 4.69) is 5.32 Å². The van der Waals surface area contributed by atoms with Crippen LogP contribution in [0.15, 0.2) is 18.2 Å². The molecule has 1 rings (SSSR count). The Labute approximate surface area is 107 Å². The van der Waals surface area contributed by atoms with Crippen LogP contribution in [0, 0.1) is 5.82 Å². The van der Waals surface area contributed by atoms with Crippen LogP contribution in [0.1, 0.15) is 16.8 Å². The van der Waals surface area contributed by atoms with E-state index in [-0.39, 0.29) is 17.0 Å². The lowest BCUT2D eigenvalue weighted by Gasteiger charge is -2.13. The van der Waals surface area contributed by atoms with Gasteiger partial charge >= 0.3 is 5.97 Å². The van der Waals surface area contributed by atoms with Crippen LogP contribution in [0.5, 0.6) is 0 Å². The number of carboxylic acids is 1. The minimum Gasteiger partial charge on any atom is -0.480 e. The minimum absolute atomic E-state index is 0.145. The Hall–Kier alpha value is -1.66. The van der Waals surface area contributed by atoms with Crippen molar-refractivity contribution in [2.45, 2.75) is 12.5 Å². The molecule has 1 amide bonds. The van der Waals surface area contributed by atoms with Gasteiger partial charge in [0.05, 0.1) is 10.6 Å². The molecule has 0 fully saturated rings. The lowest BCUT2D eigenvalue weighted by Crippen LogP contribution is -2.41. The standard InChI is InChI=1S/C11H11ClFNO4/c12-9-6(2-1-3-7(9)13)10(16)14-8(4-5-15)11(17)18/h1-3,8,15H,4-5H2,(H,14,16)(H,17,18)/t8-/m0/s1. The van der Waals surface area contributed by atoms with Crippen LogP contribution >= 0.6 is 11.6 Å². The van der Waals surface area contributed by atoms with Gasteiger partial charge in [-0.3, -0.25) is 4.79 Å². The molecule has 0 spiro atoms. The third kappa shape index (κ3) is 3.41. The van der Waals surface area contributed by atoms with Gasteiger partial charge in [0.1, 0.15) is 11.9 Å². The van der Waals surface area contributed by atoms with E-state index in [0.29, 0.717) is 0 Å². The number of carbonyl (C=O) groups is 2. The van der Waals surface area contributed by atoms with E-state index in [1.54, 1.807) is 0 Å². The van der Waals surface area contributed by atoms with Crippen molar-refractivity contribution in [2.24, 2.45) is 0 Å². The Bertz CT molecular complexity index is 466. The van der Waals surface area contributed by atoms with Gasteiger partial charge in [0.25, 0.3) is 5.91 Å². The molecule has 0 saturated heterocycles. The van der Waals surface area contributed by atoms with Gasteiger partial charge in [-0.05, 0) is 12.1 Å². The molecular weight excluding hydrogens is 265 g/mol. The fraction of sp³-hybridized carbons (Fsp3) is 0.273. The van der Waals surface area contributed by atoms with Crippen molar-refractivity contribution in [3.63, 3.8) is 0 Å². The maximum Gasteiger partial charge on any atom is 0.326 e. The maximum absolute atomic E-state index is 13.1. The second kappa shape index (κ2) is 6.32. The van der Waals surface area contributed by atoms with E-state index >= 15 is 0 Å². The first-order chi connectivity index (χ1) is 8.47. The van der Waals surface area contributed by atoms with Crippen molar-refractivity contribution in [1.82, 2.24) is 5.32 Å². The average Bonchev–Trinajstić information content (AvgIpc) is 2.31. The molecular formula is C11H11ClFNO4. The summed E-state index contributed by atoms with van der Waals surface area (Å²) >= 11 is 5.60. The Kier molecular flexibility index (Phi) is 5.06. The third-order valence-corrected chi connectivity index (χ3v) is 2.60. The smallest absolute Gasteiger partial charge is 0.326 e. The quantitative estimate of drug-likeness (QED) is 0.749. The number of hydrogen-bond donors (Lipinski definition) is 3. The number of hydrogen-bond acceptors (Lipinski definition) is 3. The highest BCUT2D eigenvalue weighted by Crippen LogP contribution is 2.19. The van der Waals surface area contributed by atoms with E-state index in [9.17, 15) is 14.0 Å². The lowest BCUT2D eigenvalue weighted by molar-refractivity contribution is -0.139. The van der Waals surface area contributed by atoms with E-state index in [0.717, 1.165) is 6.07 Å². The van der Waals surface area contributed by atoms with E-state index in [1.165, 1.54) is 12.1 Å². The number of benzene rings is 1. The highest BCUT2D eigenvalue weighted by molar-refractivity contribution is 6.34. The summed E-state index contributed by atoms with van der Waals surface area (Å²) in [5.74, 6) is -2.86. The molecule has 0 aliphatic heterocycles.